The molecular weight excluding hydrogens is 372 g/mol. The van der Waals surface area contributed by atoms with Crippen LogP contribution in [-0.4, -0.2) is 39.0 Å². The number of carbonyl (C=O) groups excluding carboxylic acids is 1. The van der Waals surface area contributed by atoms with Crippen LogP contribution < -0.4 is 9.47 Å². The number of aryl methyl sites for hydroxylation is 4. The van der Waals surface area contributed by atoms with Crippen molar-refractivity contribution in [2.45, 2.75) is 33.9 Å². The third-order valence-electron chi connectivity index (χ3n) is 5.03. The largest absolute Gasteiger partial charge is 0.486 e. The van der Waals surface area contributed by atoms with E-state index in [2.05, 4.69) is 10.3 Å². The van der Waals surface area contributed by atoms with Crippen molar-refractivity contribution in [1.29, 1.82) is 0 Å². The summed E-state index contributed by atoms with van der Waals surface area (Å²) in [5, 5.41) is 8.44. The first kappa shape index (κ1) is 19.0. The van der Waals surface area contributed by atoms with Gasteiger partial charge in [-0.1, -0.05) is 11.2 Å². The smallest absolute Gasteiger partial charge is 0.260 e. The lowest BCUT2D eigenvalue weighted by atomic mass is 10.1. The predicted octanol–water partition coefficient (Wildman–Crippen LogP) is 2.95. The van der Waals surface area contributed by atoms with E-state index in [0.717, 1.165) is 22.7 Å². The Balaban J connectivity index is 1.65. The fourth-order valence-corrected chi connectivity index (χ4v) is 3.46. The van der Waals surface area contributed by atoms with E-state index in [4.69, 9.17) is 14.0 Å². The fraction of sp³-hybridized carbons (Fsp3) is 0.381. The van der Waals surface area contributed by atoms with Gasteiger partial charge in [0.25, 0.3) is 5.91 Å². The number of nitrogens with zero attached hydrogens (tertiary/aromatic N) is 4. The third kappa shape index (κ3) is 3.83. The van der Waals surface area contributed by atoms with E-state index in [-0.39, 0.29) is 5.91 Å². The van der Waals surface area contributed by atoms with E-state index in [9.17, 15) is 4.79 Å². The van der Waals surface area contributed by atoms with Gasteiger partial charge in [-0.15, -0.1) is 0 Å². The lowest BCUT2D eigenvalue weighted by Crippen LogP contribution is -2.31. The van der Waals surface area contributed by atoms with Gasteiger partial charge >= 0.3 is 0 Å². The number of hydrogen-bond acceptors (Lipinski definition) is 6. The van der Waals surface area contributed by atoms with Crippen molar-refractivity contribution in [2.75, 3.05) is 13.2 Å². The van der Waals surface area contributed by atoms with E-state index in [1.165, 1.54) is 0 Å². The zero-order valence-corrected chi connectivity index (χ0v) is 17.1. The summed E-state index contributed by atoms with van der Waals surface area (Å²) in [6.45, 7) is 7.34. The summed E-state index contributed by atoms with van der Waals surface area (Å²) in [4.78, 5) is 15.1. The Morgan fingerprint density at radius 1 is 1.10 bits per heavy atom. The molecular formula is C21H24N4O4. The molecule has 1 aliphatic rings. The summed E-state index contributed by atoms with van der Waals surface area (Å²) >= 11 is 0. The van der Waals surface area contributed by atoms with Crippen molar-refractivity contribution < 1.29 is 18.8 Å². The Kier molecular flexibility index (Phi) is 5.00. The third-order valence-corrected chi connectivity index (χ3v) is 5.03. The van der Waals surface area contributed by atoms with Crippen molar-refractivity contribution >= 4 is 5.91 Å². The van der Waals surface area contributed by atoms with Gasteiger partial charge in [-0.25, -0.2) is 0 Å². The van der Waals surface area contributed by atoms with Crippen molar-refractivity contribution in [2.24, 2.45) is 7.05 Å². The minimum absolute atomic E-state index is 0.139. The Hall–Kier alpha value is -3.29. The molecule has 4 rings (SSSR count). The number of ether oxygens (including phenoxy) is 2. The highest BCUT2D eigenvalue weighted by atomic mass is 16.6. The van der Waals surface area contributed by atoms with Gasteiger partial charge in [0.1, 0.15) is 24.5 Å². The lowest BCUT2D eigenvalue weighted by molar-refractivity contribution is 0.0724. The van der Waals surface area contributed by atoms with Crippen LogP contribution in [0, 0.1) is 20.8 Å². The number of aromatic nitrogens is 3. The first-order valence-electron chi connectivity index (χ1n) is 9.52. The molecule has 3 heterocycles. The molecule has 1 amide bonds. The summed E-state index contributed by atoms with van der Waals surface area (Å²) in [5.74, 6) is 1.80. The zero-order chi connectivity index (χ0) is 20.5. The van der Waals surface area contributed by atoms with Crippen LogP contribution in [-0.2, 0) is 20.1 Å². The molecule has 0 saturated heterocycles. The molecule has 0 bridgehead atoms. The molecule has 8 nitrogen and oxygen atoms in total. The quantitative estimate of drug-likeness (QED) is 0.659. The summed E-state index contributed by atoms with van der Waals surface area (Å²) in [6.07, 6.45) is 0. The summed E-state index contributed by atoms with van der Waals surface area (Å²) in [5.41, 5.74) is 3.88. The van der Waals surface area contributed by atoms with Gasteiger partial charge < -0.3 is 18.9 Å². The number of hydrogen-bond donors (Lipinski definition) is 0. The van der Waals surface area contributed by atoms with E-state index < -0.39 is 0 Å². The number of carbonyl (C=O) groups is 1. The summed E-state index contributed by atoms with van der Waals surface area (Å²) < 4.78 is 18.3. The van der Waals surface area contributed by atoms with Crippen LogP contribution in [0.25, 0.3) is 0 Å². The average Bonchev–Trinajstić information content (AvgIpc) is 3.21. The first-order chi connectivity index (χ1) is 13.9. The average molecular weight is 396 g/mol. The monoisotopic (exact) mass is 396 g/mol. The molecule has 152 valence electrons. The van der Waals surface area contributed by atoms with Crippen LogP contribution in [0.1, 0.15) is 38.8 Å². The Morgan fingerprint density at radius 2 is 1.86 bits per heavy atom. The van der Waals surface area contributed by atoms with Crippen LogP contribution in [0.4, 0.5) is 0 Å². The molecule has 0 spiro atoms. The summed E-state index contributed by atoms with van der Waals surface area (Å²) in [6, 6.07) is 7.74. The Bertz CT molecular complexity index is 1010. The van der Waals surface area contributed by atoms with Crippen LogP contribution in [0.2, 0.25) is 0 Å². The van der Waals surface area contributed by atoms with E-state index in [1.54, 1.807) is 23.4 Å². The molecule has 0 atom stereocenters. The normalized spacial score (nSPS) is 12.8. The van der Waals surface area contributed by atoms with Gasteiger partial charge in [0.05, 0.1) is 17.9 Å². The SMILES string of the molecule is Cc1noc(C)c1C(=O)N(Cc1ccc2c(c1)OCCO2)Cc1cc(C)n(C)n1. The fourth-order valence-electron chi connectivity index (χ4n) is 3.46. The molecule has 0 N–H and O–H groups in total. The number of rotatable bonds is 5. The molecule has 29 heavy (non-hydrogen) atoms. The Morgan fingerprint density at radius 3 is 2.52 bits per heavy atom. The van der Waals surface area contributed by atoms with Gasteiger partial charge in [-0.3, -0.25) is 9.48 Å². The van der Waals surface area contributed by atoms with Crippen molar-refractivity contribution in [3.63, 3.8) is 0 Å². The van der Waals surface area contributed by atoms with Crippen molar-refractivity contribution in [3.05, 3.63) is 58.2 Å². The highest BCUT2D eigenvalue weighted by Gasteiger charge is 2.25. The maximum Gasteiger partial charge on any atom is 0.260 e. The molecule has 1 aromatic carbocycles. The van der Waals surface area contributed by atoms with E-state index >= 15 is 0 Å². The zero-order valence-electron chi connectivity index (χ0n) is 17.1. The first-order valence-corrected chi connectivity index (χ1v) is 9.52. The lowest BCUT2D eigenvalue weighted by Gasteiger charge is -2.24. The summed E-state index contributed by atoms with van der Waals surface area (Å²) in [7, 11) is 1.89. The van der Waals surface area contributed by atoms with Gasteiger partial charge in [-0.05, 0) is 44.5 Å². The van der Waals surface area contributed by atoms with Crippen LogP contribution in [0.5, 0.6) is 11.5 Å². The molecule has 8 heteroatoms. The van der Waals surface area contributed by atoms with Crippen molar-refractivity contribution in [3.8, 4) is 11.5 Å². The van der Waals surface area contributed by atoms with Crippen molar-refractivity contribution in [1.82, 2.24) is 19.8 Å². The molecule has 1 aliphatic heterocycles. The second-order valence-corrected chi connectivity index (χ2v) is 7.24. The molecule has 0 saturated carbocycles. The number of fused-ring (bicyclic) bond motifs is 1. The van der Waals surface area contributed by atoms with Crippen LogP contribution >= 0.6 is 0 Å². The van der Waals surface area contributed by atoms with Crippen LogP contribution in [0.15, 0.2) is 28.8 Å². The topological polar surface area (TPSA) is 82.6 Å². The van der Waals surface area contributed by atoms with Gasteiger partial charge in [0, 0.05) is 19.3 Å². The Labute approximate surface area is 169 Å². The van der Waals surface area contributed by atoms with E-state index in [1.807, 2.05) is 38.2 Å². The highest BCUT2D eigenvalue weighted by molar-refractivity contribution is 5.96. The van der Waals surface area contributed by atoms with Gasteiger partial charge in [0.15, 0.2) is 11.5 Å². The minimum atomic E-state index is -0.139. The number of amides is 1. The molecule has 2 aromatic heterocycles. The maximum absolute atomic E-state index is 13.4. The maximum atomic E-state index is 13.4. The van der Waals surface area contributed by atoms with E-state index in [0.29, 0.717) is 49.1 Å². The standard InChI is InChI=1S/C21H24N4O4/c1-13-9-17(22-24(13)4)12-25(21(26)20-14(2)23-29-15(20)3)11-16-5-6-18-19(10-16)28-8-7-27-18/h5-6,9-10H,7-8,11-12H2,1-4H3. The number of benzene rings is 1. The second kappa shape index (κ2) is 7.62. The van der Waals surface area contributed by atoms with Gasteiger partial charge in [-0.2, -0.15) is 5.10 Å². The molecule has 0 fully saturated rings. The molecule has 0 radical (unpaired) electrons. The second-order valence-electron chi connectivity index (χ2n) is 7.24. The molecule has 0 unspecified atom stereocenters. The molecule has 3 aromatic rings. The predicted molar refractivity (Wildman–Crippen MR) is 105 cm³/mol. The highest BCUT2D eigenvalue weighted by Crippen LogP contribution is 2.31. The van der Waals surface area contributed by atoms with Crippen LogP contribution in [0.3, 0.4) is 0 Å². The minimum Gasteiger partial charge on any atom is -0.486 e. The molecule has 0 aliphatic carbocycles. The van der Waals surface area contributed by atoms with Gasteiger partial charge in [0.2, 0.25) is 0 Å².